The third kappa shape index (κ3) is 7.70. The quantitative estimate of drug-likeness (QED) is 0.176. The topological polar surface area (TPSA) is 55.4 Å². The number of rotatable bonds is 11. The standard InChI is InChI=1S/C37H39ClO6/c1-2-40-31-16-13-26(14-17-31)21-30-22-29(15-18-32(30)38)34-36(42-23-27-9-5-3-6-10-27)37(43-24-28-11-7-4-8-12-28)35-33(44-34)25-39-19-20-41-35/h3-18,22,33-37H,2,19-21,23-25H2,1H3. The number of benzene rings is 4. The molecule has 6 nitrogen and oxygen atoms in total. The Kier molecular flexibility index (Phi) is 10.6. The van der Waals surface area contributed by atoms with Crippen molar-refractivity contribution in [1.82, 2.24) is 0 Å². The van der Waals surface area contributed by atoms with Crippen LogP contribution in [0.25, 0.3) is 0 Å². The summed E-state index contributed by atoms with van der Waals surface area (Å²) in [6.07, 6.45) is -1.25. The van der Waals surface area contributed by atoms with Gasteiger partial charge in [0.05, 0.1) is 39.6 Å². The average Bonchev–Trinajstić information content (AvgIpc) is 3.31. The smallest absolute Gasteiger partial charge is 0.119 e. The molecular weight excluding hydrogens is 576 g/mol. The lowest BCUT2D eigenvalue weighted by molar-refractivity contribution is -0.262. The van der Waals surface area contributed by atoms with E-state index in [-0.39, 0.29) is 12.2 Å². The number of fused-ring (bicyclic) bond motifs is 1. The van der Waals surface area contributed by atoms with Crippen LogP contribution in [0, 0.1) is 0 Å². The molecule has 6 rings (SSSR count). The van der Waals surface area contributed by atoms with Gasteiger partial charge in [-0.1, -0.05) is 96.5 Å². The highest BCUT2D eigenvalue weighted by molar-refractivity contribution is 6.31. The van der Waals surface area contributed by atoms with Gasteiger partial charge in [0.2, 0.25) is 0 Å². The minimum atomic E-state index is -0.447. The molecule has 5 unspecified atom stereocenters. The second kappa shape index (κ2) is 15.2. The van der Waals surface area contributed by atoms with Crippen LogP contribution in [0.15, 0.2) is 103 Å². The second-order valence-electron chi connectivity index (χ2n) is 11.1. The summed E-state index contributed by atoms with van der Waals surface area (Å²) in [7, 11) is 0. The van der Waals surface area contributed by atoms with Gasteiger partial charge >= 0.3 is 0 Å². The van der Waals surface area contributed by atoms with Crippen LogP contribution in [-0.2, 0) is 43.3 Å². The van der Waals surface area contributed by atoms with Gasteiger partial charge in [0.15, 0.2) is 0 Å². The molecule has 0 saturated carbocycles. The summed E-state index contributed by atoms with van der Waals surface area (Å²) in [5.41, 5.74) is 5.29. The summed E-state index contributed by atoms with van der Waals surface area (Å²) in [5.74, 6) is 0.856. The van der Waals surface area contributed by atoms with Gasteiger partial charge < -0.3 is 28.4 Å². The minimum absolute atomic E-state index is 0.315. The summed E-state index contributed by atoms with van der Waals surface area (Å²) >= 11 is 6.76. The molecule has 0 N–H and O–H groups in total. The molecule has 4 aromatic carbocycles. The number of halogens is 1. The van der Waals surface area contributed by atoms with E-state index in [0.717, 1.165) is 33.6 Å². The summed E-state index contributed by atoms with van der Waals surface area (Å²) in [6.45, 7) is 4.86. The van der Waals surface area contributed by atoms with E-state index < -0.39 is 18.3 Å². The molecule has 0 amide bonds. The zero-order chi connectivity index (χ0) is 30.1. The predicted octanol–water partition coefficient (Wildman–Crippen LogP) is 7.36. The largest absolute Gasteiger partial charge is 0.494 e. The summed E-state index contributed by atoms with van der Waals surface area (Å²) in [6, 6.07) is 34.6. The molecular formula is C37H39ClO6. The maximum absolute atomic E-state index is 6.81. The van der Waals surface area contributed by atoms with Gasteiger partial charge in [0.25, 0.3) is 0 Å². The van der Waals surface area contributed by atoms with Crippen molar-refractivity contribution >= 4 is 11.6 Å². The molecule has 0 radical (unpaired) electrons. The summed E-state index contributed by atoms with van der Waals surface area (Å²) in [4.78, 5) is 0. The zero-order valence-corrected chi connectivity index (χ0v) is 25.7. The van der Waals surface area contributed by atoms with Crippen molar-refractivity contribution in [3.8, 4) is 5.75 Å². The molecule has 2 heterocycles. The lowest BCUT2D eigenvalue weighted by atomic mass is 9.89. The molecule has 0 spiro atoms. The Morgan fingerprint density at radius 3 is 2.11 bits per heavy atom. The first-order valence-electron chi connectivity index (χ1n) is 15.3. The molecule has 0 aliphatic carbocycles. The fourth-order valence-electron chi connectivity index (χ4n) is 5.86. The summed E-state index contributed by atoms with van der Waals surface area (Å²) in [5, 5.41) is 0.705. The first kappa shape index (κ1) is 30.8. The molecule has 7 heteroatoms. The Labute approximate surface area is 264 Å². The van der Waals surface area contributed by atoms with Gasteiger partial charge in [-0.25, -0.2) is 0 Å². The van der Waals surface area contributed by atoms with Crippen molar-refractivity contribution in [3.63, 3.8) is 0 Å². The van der Waals surface area contributed by atoms with Crippen molar-refractivity contribution < 1.29 is 28.4 Å². The van der Waals surface area contributed by atoms with Crippen molar-refractivity contribution in [2.75, 3.05) is 26.4 Å². The Hall–Kier alpha value is -3.23. The second-order valence-corrected chi connectivity index (χ2v) is 11.5. The Bertz CT molecular complexity index is 1450. The maximum atomic E-state index is 6.81. The van der Waals surface area contributed by atoms with Crippen LogP contribution < -0.4 is 4.74 Å². The van der Waals surface area contributed by atoms with Gasteiger partial charge in [-0.05, 0) is 59.4 Å². The molecule has 2 saturated heterocycles. The van der Waals surface area contributed by atoms with Crippen LogP contribution in [0.4, 0.5) is 0 Å². The first-order valence-corrected chi connectivity index (χ1v) is 15.7. The SMILES string of the molecule is CCOc1ccc(Cc2cc(C3OC4COCCOC4C(OCc4ccccc4)C3OCc3ccccc3)ccc2Cl)cc1. The van der Waals surface area contributed by atoms with Crippen LogP contribution >= 0.6 is 11.6 Å². The fraction of sp³-hybridized carbons (Fsp3) is 0.351. The van der Waals surface area contributed by atoms with Crippen LogP contribution in [0.3, 0.4) is 0 Å². The van der Waals surface area contributed by atoms with E-state index in [2.05, 4.69) is 42.5 Å². The lowest BCUT2D eigenvalue weighted by Gasteiger charge is -2.45. The van der Waals surface area contributed by atoms with Crippen LogP contribution in [-0.4, -0.2) is 50.8 Å². The van der Waals surface area contributed by atoms with Gasteiger partial charge in [-0.2, -0.15) is 0 Å². The third-order valence-electron chi connectivity index (χ3n) is 8.05. The van der Waals surface area contributed by atoms with E-state index in [1.165, 1.54) is 0 Å². The highest BCUT2D eigenvalue weighted by Crippen LogP contribution is 2.40. The van der Waals surface area contributed by atoms with Crippen LogP contribution in [0.1, 0.15) is 40.8 Å². The molecule has 4 aromatic rings. The van der Waals surface area contributed by atoms with Crippen molar-refractivity contribution in [2.45, 2.75) is 57.1 Å². The van der Waals surface area contributed by atoms with E-state index in [1.54, 1.807) is 0 Å². The van der Waals surface area contributed by atoms with E-state index >= 15 is 0 Å². The Balaban J connectivity index is 1.32. The normalized spacial score (nSPS) is 23.5. The molecule has 2 fully saturated rings. The Morgan fingerprint density at radius 1 is 0.750 bits per heavy atom. The third-order valence-corrected chi connectivity index (χ3v) is 8.42. The zero-order valence-electron chi connectivity index (χ0n) is 25.0. The van der Waals surface area contributed by atoms with E-state index in [1.807, 2.05) is 67.6 Å². The van der Waals surface area contributed by atoms with Gasteiger partial charge in [-0.15, -0.1) is 0 Å². The molecule has 0 aromatic heterocycles. The monoisotopic (exact) mass is 614 g/mol. The molecule has 2 aliphatic rings. The molecule has 230 valence electrons. The first-order chi connectivity index (χ1) is 21.7. The van der Waals surface area contributed by atoms with Crippen molar-refractivity contribution in [3.05, 3.63) is 136 Å². The van der Waals surface area contributed by atoms with Crippen LogP contribution in [0.2, 0.25) is 5.02 Å². The van der Waals surface area contributed by atoms with Crippen LogP contribution in [0.5, 0.6) is 5.75 Å². The van der Waals surface area contributed by atoms with Crippen molar-refractivity contribution in [1.29, 1.82) is 0 Å². The highest BCUT2D eigenvalue weighted by Gasteiger charge is 2.49. The van der Waals surface area contributed by atoms with Crippen molar-refractivity contribution in [2.24, 2.45) is 0 Å². The maximum Gasteiger partial charge on any atom is 0.119 e. The highest BCUT2D eigenvalue weighted by atomic mass is 35.5. The number of hydrogen-bond donors (Lipinski definition) is 0. The van der Waals surface area contributed by atoms with Gasteiger partial charge in [0.1, 0.15) is 36.3 Å². The molecule has 0 bridgehead atoms. The molecule has 5 atom stereocenters. The molecule has 44 heavy (non-hydrogen) atoms. The van der Waals surface area contributed by atoms with Gasteiger partial charge in [-0.3, -0.25) is 0 Å². The molecule has 2 aliphatic heterocycles. The average molecular weight is 615 g/mol. The summed E-state index contributed by atoms with van der Waals surface area (Å²) < 4.78 is 38.1. The number of ether oxygens (including phenoxy) is 6. The fourth-order valence-corrected chi connectivity index (χ4v) is 6.05. The van der Waals surface area contributed by atoms with Gasteiger partial charge in [0, 0.05) is 5.02 Å². The predicted molar refractivity (Wildman–Crippen MR) is 170 cm³/mol. The van der Waals surface area contributed by atoms with E-state index in [0.29, 0.717) is 51.1 Å². The van der Waals surface area contributed by atoms with E-state index in [4.69, 9.17) is 40.0 Å². The number of hydrogen-bond acceptors (Lipinski definition) is 6. The Morgan fingerprint density at radius 2 is 1.43 bits per heavy atom. The lowest BCUT2D eigenvalue weighted by Crippen LogP contribution is -2.57. The van der Waals surface area contributed by atoms with E-state index in [9.17, 15) is 0 Å². The minimum Gasteiger partial charge on any atom is -0.494 e.